The van der Waals surface area contributed by atoms with E-state index in [0.717, 1.165) is 29.8 Å². The molecule has 3 heteroatoms. The number of rotatable bonds is 4. The predicted octanol–water partition coefficient (Wildman–Crippen LogP) is 2.57. The van der Waals surface area contributed by atoms with Gasteiger partial charge in [0.05, 0.1) is 6.54 Å². The van der Waals surface area contributed by atoms with E-state index in [1.54, 1.807) is 0 Å². The zero-order valence-electron chi connectivity index (χ0n) is 13.0. The summed E-state index contributed by atoms with van der Waals surface area (Å²) in [6, 6.07) is 5.73. The van der Waals surface area contributed by atoms with Gasteiger partial charge >= 0.3 is 0 Å². The number of nitrogens with two attached hydrogens (primary N) is 1. The number of amides is 1. The first-order valence-electron chi connectivity index (χ1n) is 7.74. The summed E-state index contributed by atoms with van der Waals surface area (Å²) in [6.45, 7) is 6.04. The van der Waals surface area contributed by atoms with Gasteiger partial charge in [-0.3, -0.25) is 4.79 Å². The van der Waals surface area contributed by atoms with Gasteiger partial charge in [0.25, 0.3) is 5.91 Å². The number of benzene rings is 1. The lowest BCUT2D eigenvalue weighted by atomic mass is 9.85. The van der Waals surface area contributed by atoms with Crippen LogP contribution in [0.4, 0.5) is 0 Å². The zero-order chi connectivity index (χ0) is 15.2. The first-order valence-corrected chi connectivity index (χ1v) is 7.74. The van der Waals surface area contributed by atoms with E-state index in [1.807, 2.05) is 36.9 Å². The molecule has 0 bridgehead atoms. The lowest BCUT2D eigenvalue weighted by Gasteiger charge is -2.32. The van der Waals surface area contributed by atoms with Gasteiger partial charge in [-0.15, -0.1) is 0 Å². The maximum atomic E-state index is 12.6. The molecule has 0 spiro atoms. The van der Waals surface area contributed by atoms with E-state index in [1.165, 1.54) is 19.3 Å². The highest BCUT2D eigenvalue weighted by Gasteiger charge is 2.23. The summed E-state index contributed by atoms with van der Waals surface area (Å²) in [5.41, 5.74) is 8.12. The fourth-order valence-corrected chi connectivity index (χ4v) is 2.61. The average Bonchev–Trinajstić information content (AvgIpc) is 2.44. The van der Waals surface area contributed by atoms with Gasteiger partial charge < -0.3 is 10.6 Å². The molecule has 0 radical (unpaired) electrons. The van der Waals surface area contributed by atoms with E-state index in [9.17, 15) is 4.79 Å². The Morgan fingerprint density at radius 1 is 1.43 bits per heavy atom. The minimum Gasteiger partial charge on any atom is -0.339 e. The Morgan fingerprint density at radius 2 is 2.19 bits per heavy atom. The molecule has 0 heterocycles. The molecule has 1 aromatic carbocycles. The predicted molar refractivity (Wildman–Crippen MR) is 86.0 cm³/mol. The minimum atomic E-state index is 0.130. The lowest BCUT2D eigenvalue weighted by Crippen LogP contribution is -2.37. The van der Waals surface area contributed by atoms with Crippen molar-refractivity contribution in [2.75, 3.05) is 19.6 Å². The molecule has 1 aliphatic rings. The van der Waals surface area contributed by atoms with E-state index in [4.69, 9.17) is 5.73 Å². The molecule has 0 aromatic heterocycles. The van der Waals surface area contributed by atoms with E-state index < -0.39 is 0 Å². The maximum Gasteiger partial charge on any atom is 0.253 e. The Bertz CT molecular complexity index is 564. The number of hydrogen-bond donors (Lipinski definition) is 1. The highest BCUT2D eigenvalue weighted by Crippen LogP contribution is 2.27. The molecule has 0 aliphatic heterocycles. The van der Waals surface area contributed by atoms with Gasteiger partial charge in [-0.05, 0) is 56.4 Å². The summed E-state index contributed by atoms with van der Waals surface area (Å²) in [5, 5.41) is 0. The summed E-state index contributed by atoms with van der Waals surface area (Å²) in [5.74, 6) is 6.71. The van der Waals surface area contributed by atoms with Gasteiger partial charge in [0.2, 0.25) is 0 Å². The zero-order valence-corrected chi connectivity index (χ0v) is 13.0. The molecule has 0 atom stereocenters. The van der Waals surface area contributed by atoms with Crippen LogP contribution in [-0.4, -0.2) is 30.4 Å². The first kappa shape index (κ1) is 15.6. The molecule has 1 saturated carbocycles. The number of carbonyl (C=O) groups is 1. The second-order valence-corrected chi connectivity index (χ2v) is 5.68. The van der Waals surface area contributed by atoms with Gasteiger partial charge in [-0.2, -0.15) is 0 Å². The third kappa shape index (κ3) is 3.86. The smallest absolute Gasteiger partial charge is 0.253 e. The van der Waals surface area contributed by atoms with E-state index in [-0.39, 0.29) is 5.91 Å². The van der Waals surface area contributed by atoms with E-state index in [2.05, 4.69) is 11.8 Å². The van der Waals surface area contributed by atoms with Gasteiger partial charge in [-0.1, -0.05) is 18.3 Å². The molecular weight excluding hydrogens is 260 g/mol. The number of carbonyl (C=O) groups excluding carboxylic acids is 1. The largest absolute Gasteiger partial charge is 0.339 e. The third-order valence-electron chi connectivity index (χ3n) is 4.17. The molecular formula is C18H24N2O. The van der Waals surface area contributed by atoms with Gasteiger partial charge in [0.15, 0.2) is 0 Å². The van der Waals surface area contributed by atoms with Crippen LogP contribution in [0.3, 0.4) is 0 Å². The summed E-state index contributed by atoms with van der Waals surface area (Å²) in [6.07, 6.45) is 3.83. The van der Waals surface area contributed by atoms with Crippen molar-refractivity contribution < 1.29 is 4.79 Å². The fraction of sp³-hybridized carbons (Fsp3) is 0.500. The van der Waals surface area contributed by atoms with Crippen molar-refractivity contribution in [2.24, 2.45) is 11.7 Å². The molecule has 1 aromatic rings. The summed E-state index contributed by atoms with van der Waals surface area (Å²) in [7, 11) is 0. The molecule has 1 fully saturated rings. The van der Waals surface area contributed by atoms with Crippen molar-refractivity contribution >= 4 is 5.91 Å². The molecule has 1 amide bonds. The monoisotopic (exact) mass is 284 g/mol. The second-order valence-electron chi connectivity index (χ2n) is 5.68. The maximum absolute atomic E-state index is 12.6. The van der Waals surface area contributed by atoms with Crippen LogP contribution in [0.1, 0.15) is 47.7 Å². The van der Waals surface area contributed by atoms with Crippen LogP contribution in [0, 0.1) is 24.7 Å². The summed E-state index contributed by atoms with van der Waals surface area (Å²) >= 11 is 0. The molecule has 1 aliphatic carbocycles. The molecule has 3 nitrogen and oxygen atoms in total. The van der Waals surface area contributed by atoms with Crippen molar-refractivity contribution in [3.63, 3.8) is 0 Å². The van der Waals surface area contributed by atoms with E-state index in [0.29, 0.717) is 12.5 Å². The molecule has 0 unspecified atom stereocenters. The van der Waals surface area contributed by atoms with Crippen molar-refractivity contribution in [2.45, 2.75) is 33.1 Å². The van der Waals surface area contributed by atoms with Crippen LogP contribution in [-0.2, 0) is 0 Å². The average molecular weight is 284 g/mol. The lowest BCUT2D eigenvalue weighted by molar-refractivity contribution is 0.0706. The topological polar surface area (TPSA) is 46.3 Å². The van der Waals surface area contributed by atoms with Crippen LogP contribution in [0.5, 0.6) is 0 Å². The Kier molecular flexibility index (Phi) is 5.41. The van der Waals surface area contributed by atoms with Crippen LogP contribution in [0.2, 0.25) is 0 Å². The highest BCUT2D eigenvalue weighted by molar-refractivity contribution is 5.94. The molecule has 2 N–H and O–H groups in total. The van der Waals surface area contributed by atoms with Crippen molar-refractivity contribution in [3.05, 3.63) is 34.9 Å². The van der Waals surface area contributed by atoms with Crippen LogP contribution < -0.4 is 5.73 Å². The Hall–Kier alpha value is -1.79. The van der Waals surface area contributed by atoms with Gasteiger partial charge in [0.1, 0.15) is 0 Å². The SMILES string of the molecule is CCN(CC1CCC1)C(=O)c1ccc(C#CCN)c(C)c1. The van der Waals surface area contributed by atoms with Crippen LogP contribution in [0.25, 0.3) is 0 Å². The van der Waals surface area contributed by atoms with Crippen LogP contribution in [0.15, 0.2) is 18.2 Å². The summed E-state index contributed by atoms with van der Waals surface area (Å²) < 4.78 is 0. The number of nitrogens with zero attached hydrogens (tertiary/aromatic N) is 1. The van der Waals surface area contributed by atoms with Crippen molar-refractivity contribution in [3.8, 4) is 11.8 Å². The van der Waals surface area contributed by atoms with Crippen molar-refractivity contribution in [1.82, 2.24) is 4.90 Å². The molecule has 0 saturated heterocycles. The Balaban J connectivity index is 2.11. The highest BCUT2D eigenvalue weighted by atomic mass is 16.2. The third-order valence-corrected chi connectivity index (χ3v) is 4.17. The standard InChI is InChI=1S/C18H24N2O/c1-3-20(13-15-6-4-7-15)18(21)17-10-9-16(8-5-11-19)14(2)12-17/h9-10,12,15H,3-4,6-7,11,13,19H2,1-2H3. The molecule has 21 heavy (non-hydrogen) atoms. The number of hydrogen-bond acceptors (Lipinski definition) is 2. The second kappa shape index (κ2) is 7.28. The van der Waals surface area contributed by atoms with Crippen molar-refractivity contribution in [1.29, 1.82) is 0 Å². The normalized spacial score (nSPS) is 14.0. The number of aryl methyl sites for hydroxylation is 1. The Labute approximate surface area is 127 Å². The molecule has 112 valence electrons. The quantitative estimate of drug-likeness (QED) is 0.864. The Morgan fingerprint density at radius 3 is 2.71 bits per heavy atom. The minimum absolute atomic E-state index is 0.130. The first-order chi connectivity index (χ1) is 10.2. The van der Waals surface area contributed by atoms with Gasteiger partial charge in [0, 0.05) is 24.2 Å². The summed E-state index contributed by atoms with van der Waals surface area (Å²) in [4.78, 5) is 14.6. The van der Waals surface area contributed by atoms with E-state index >= 15 is 0 Å². The van der Waals surface area contributed by atoms with Crippen LogP contribution >= 0.6 is 0 Å². The molecule has 2 rings (SSSR count). The van der Waals surface area contributed by atoms with Gasteiger partial charge in [-0.25, -0.2) is 0 Å². The fourth-order valence-electron chi connectivity index (χ4n) is 2.61.